The third kappa shape index (κ3) is 3.51. The van der Waals surface area contributed by atoms with Gasteiger partial charge in [0.25, 0.3) is 5.69 Å². The quantitative estimate of drug-likeness (QED) is 0.585. The second-order valence-corrected chi connectivity index (χ2v) is 4.41. The van der Waals surface area contributed by atoms with E-state index in [4.69, 9.17) is 9.26 Å². The first-order chi connectivity index (χ1) is 10.0. The van der Waals surface area contributed by atoms with Gasteiger partial charge in [0.15, 0.2) is 5.82 Å². The number of anilines is 1. The van der Waals surface area contributed by atoms with Crippen LogP contribution in [0.5, 0.6) is 0 Å². The molecule has 112 valence electrons. The third-order valence-electron chi connectivity index (χ3n) is 2.91. The molecule has 0 aliphatic rings. The zero-order chi connectivity index (χ0) is 15.4. The van der Waals surface area contributed by atoms with Crippen LogP contribution in [0.15, 0.2) is 22.9 Å². The molecule has 0 spiro atoms. The van der Waals surface area contributed by atoms with Crippen LogP contribution in [0.2, 0.25) is 0 Å². The second kappa shape index (κ2) is 6.27. The Hall–Kier alpha value is -2.55. The van der Waals surface area contributed by atoms with Crippen molar-refractivity contribution < 1.29 is 14.2 Å². The van der Waals surface area contributed by atoms with E-state index in [1.54, 1.807) is 25.1 Å². The van der Waals surface area contributed by atoms with Crippen molar-refractivity contribution in [3.63, 3.8) is 0 Å². The summed E-state index contributed by atoms with van der Waals surface area (Å²) in [4.78, 5) is 20.1. The number of ether oxygens (including phenoxy) is 1. The van der Waals surface area contributed by atoms with Crippen molar-refractivity contribution in [2.45, 2.75) is 19.6 Å². The minimum absolute atomic E-state index is 0.0545. The molecule has 0 saturated heterocycles. The topological polar surface area (TPSA) is 107 Å². The molecule has 0 bridgehead atoms. The Bertz CT molecular complexity index is 612. The highest BCUT2D eigenvalue weighted by atomic mass is 16.6. The van der Waals surface area contributed by atoms with E-state index < -0.39 is 4.92 Å². The summed E-state index contributed by atoms with van der Waals surface area (Å²) in [6.07, 6.45) is 0.961. The smallest absolute Gasteiger partial charge is 0.287 e. The number of rotatable bonds is 6. The van der Waals surface area contributed by atoms with E-state index in [-0.39, 0.29) is 11.8 Å². The lowest BCUT2D eigenvalue weighted by molar-refractivity contribution is -0.385. The van der Waals surface area contributed by atoms with Crippen LogP contribution in [-0.4, -0.2) is 34.2 Å². The predicted molar refractivity (Wildman–Crippen MR) is 72.7 cm³/mol. The van der Waals surface area contributed by atoms with Gasteiger partial charge in [-0.25, -0.2) is 4.98 Å². The standard InChI is InChI=1S/C12H15N5O4/c1-8(20-3)12-14-11(21-15-12)7-16(2)10-5-4-9(6-13-10)17(18)19/h4-6,8H,7H2,1-3H3. The van der Waals surface area contributed by atoms with Crippen molar-refractivity contribution in [1.82, 2.24) is 15.1 Å². The molecule has 9 nitrogen and oxygen atoms in total. The van der Waals surface area contributed by atoms with Gasteiger partial charge in [-0.3, -0.25) is 10.1 Å². The van der Waals surface area contributed by atoms with E-state index in [9.17, 15) is 10.1 Å². The molecule has 1 atom stereocenters. The minimum Gasteiger partial charge on any atom is -0.374 e. The van der Waals surface area contributed by atoms with Crippen LogP contribution in [-0.2, 0) is 11.3 Å². The minimum atomic E-state index is -0.493. The maximum atomic E-state index is 10.6. The average molecular weight is 293 g/mol. The molecule has 2 rings (SSSR count). The zero-order valence-electron chi connectivity index (χ0n) is 11.9. The first kappa shape index (κ1) is 14.9. The van der Waals surface area contributed by atoms with E-state index in [1.165, 1.54) is 12.3 Å². The Morgan fingerprint density at radius 2 is 2.29 bits per heavy atom. The Morgan fingerprint density at radius 3 is 2.86 bits per heavy atom. The maximum Gasteiger partial charge on any atom is 0.287 e. The highest BCUT2D eigenvalue weighted by Crippen LogP contribution is 2.17. The number of nitrogens with zero attached hydrogens (tertiary/aromatic N) is 5. The molecular formula is C12H15N5O4. The van der Waals surface area contributed by atoms with Crippen LogP contribution < -0.4 is 4.90 Å². The van der Waals surface area contributed by atoms with Gasteiger partial charge in [0.05, 0.1) is 11.5 Å². The molecule has 0 radical (unpaired) electrons. The van der Waals surface area contributed by atoms with Crippen LogP contribution in [0.3, 0.4) is 0 Å². The Morgan fingerprint density at radius 1 is 1.52 bits per heavy atom. The molecule has 0 aromatic carbocycles. The normalized spacial score (nSPS) is 12.1. The molecule has 0 amide bonds. The Balaban J connectivity index is 2.05. The van der Waals surface area contributed by atoms with Gasteiger partial charge in [0, 0.05) is 20.2 Å². The van der Waals surface area contributed by atoms with Gasteiger partial charge < -0.3 is 14.2 Å². The number of methoxy groups -OCH3 is 1. The first-order valence-corrected chi connectivity index (χ1v) is 6.18. The summed E-state index contributed by atoms with van der Waals surface area (Å²) in [5, 5.41) is 14.4. The Labute approximate surface area is 120 Å². The lowest BCUT2D eigenvalue weighted by Gasteiger charge is -2.14. The first-order valence-electron chi connectivity index (χ1n) is 6.18. The number of hydrogen-bond acceptors (Lipinski definition) is 8. The van der Waals surface area contributed by atoms with Gasteiger partial charge in [0.2, 0.25) is 5.89 Å². The SMILES string of the molecule is COC(C)c1noc(CN(C)c2ccc([N+](=O)[O-])cn2)n1. The fourth-order valence-corrected chi connectivity index (χ4v) is 1.60. The zero-order valence-corrected chi connectivity index (χ0v) is 11.9. The highest BCUT2D eigenvalue weighted by Gasteiger charge is 2.15. The fourth-order valence-electron chi connectivity index (χ4n) is 1.60. The van der Waals surface area contributed by atoms with Crippen molar-refractivity contribution in [2.24, 2.45) is 0 Å². The van der Waals surface area contributed by atoms with Gasteiger partial charge >= 0.3 is 0 Å². The number of aromatic nitrogens is 3. The molecule has 0 aliphatic heterocycles. The lowest BCUT2D eigenvalue weighted by atomic mass is 10.4. The summed E-state index contributed by atoms with van der Waals surface area (Å²) in [6.45, 7) is 2.16. The van der Waals surface area contributed by atoms with Crippen molar-refractivity contribution in [3.8, 4) is 0 Å². The molecule has 21 heavy (non-hydrogen) atoms. The van der Waals surface area contributed by atoms with E-state index in [2.05, 4.69) is 15.1 Å². The Kier molecular flexibility index (Phi) is 4.43. The summed E-state index contributed by atoms with van der Waals surface area (Å²) in [5.41, 5.74) is -0.0545. The van der Waals surface area contributed by atoms with E-state index in [1.807, 2.05) is 6.92 Å². The molecular weight excluding hydrogens is 278 g/mol. The molecule has 1 unspecified atom stereocenters. The largest absolute Gasteiger partial charge is 0.374 e. The van der Waals surface area contributed by atoms with Gasteiger partial charge in [-0.2, -0.15) is 4.98 Å². The summed E-state index contributed by atoms with van der Waals surface area (Å²) < 4.78 is 10.2. The van der Waals surface area contributed by atoms with Crippen molar-refractivity contribution in [1.29, 1.82) is 0 Å². The van der Waals surface area contributed by atoms with E-state index in [0.717, 1.165) is 0 Å². The molecule has 0 N–H and O–H groups in total. The molecule has 2 aromatic rings. The number of hydrogen-bond donors (Lipinski definition) is 0. The van der Waals surface area contributed by atoms with Gasteiger partial charge in [-0.1, -0.05) is 5.16 Å². The van der Waals surface area contributed by atoms with Crippen LogP contribution in [0, 0.1) is 10.1 Å². The summed E-state index contributed by atoms with van der Waals surface area (Å²) in [7, 11) is 3.34. The van der Waals surface area contributed by atoms with Gasteiger partial charge in [-0.05, 0) is 13.0 Å². The average Bonchev–Trinajstić information content (AvgIpc) is 2.95. The lowest BCUT2D eigenvalue weighted by Crippen LogP contribution is -2.18. The number of nitro groups is 1. The molecule has 0 aliphatic carbocycles. The highest BCUT2D eigenvalue weighted by molar-refractivity contribution is 5.42. The fraction of sp³-hybridized carbons (Fsp3) is 0.417. The van der Waals surface area contributed by atoms with Crippen LogP contribution in [0.1, 0.15) is 24.7 Å². The summed E-state index contributed by atoms with van der Waals surface area (Å²) in [5.74, 6) is 1.45. The van der Waals surface area contributed by atoms with Crippen molar-refractivity contribution >= 4 is 11.5 Å². The molecule has 0 saturated carbocycles. The maximum absolute atomic E-state index is 10.6. The van der Waals surface area contributed by atoms with Crippen LogP contribution in [0.4, 0.5) is 11.5 Å². The molecule has 9 heteroatoms. The molecule has 2 aromatic heterocycles. The van der Waals surface area contributed by atoms with Crippen molar-refractivity contribution in [3.05, 3.63) is 40.2 Å². The van der Waals surface area contributed by atoms with Crippen LogP contribution >= 0.6 is 0 Å². The third-order valence-corrected chi connectivity index (χ3v) is 2.91. The summed E-state index contributed by atoms with van der Waals surface area (Å²) in [6, 6.07) is 2.96. The monoisotopic (exact) mass is 293 g/mol. The second-order valence-electron chi connectivity index (χ2n) is 4.41. The summed E-state index contributed by atoms with van der Waals surface area (Å²) >= 11 is 0. The van der Waals surface area contributed by atoms with Gasteiger partial charge in [-0.15, -0.1) is 0 Å². The van der Waals surface area contributed by atoms with Gasteiger partial charge in [0.1, 0.15) is 18.1 Å². The molecule has 2 heterocycles. The van der Waals surface area contributed by atoms with E-state index >= 15 is 0 Å². The van der Waals surface area contributed by atoms with E-state index in [0.29, 0.717) is 24.1 Å². The molecule has 0 fully saturated rings. The predicted octanol–water partition coefficient (Wildman–Crippen LogP) is 1.72. The number of pyridine rings is 1. The van der Waals surface area contributed by atoms with Crippen molar-refractivity contribution in [2.75, 3.05) is 19.1 Å². The van der Waals surface area contributed by atoms with Crippen LogP contribution in [0.25, 0.3) is 0 Å².